The van der Waals surface area contributed by atoms with Crippen molar-refractivity contribution in [2.45, 2.75) is 20.3 Å². The Morgan fingerprint density at radius 1 is 1.38 bits per heavy atom. The first-order valence-electron chi connectivity index (χ1n) is 4.86. The molecular weight excluding hydrogens is 270 g/mol. The molecule has 1 aromatic carbocycles. The molecule has 0 aromatic heterocycles. The minimum Gasteiger partial charge on any atom is -0.258 e. The highest BCUT2D eigenvalue weighted by Gasteiger charge is 2.12. The van der Waals surface area contributed by atoms with E-state index in [-0.39, 0.29) is 10.6 Å². The summed E-state index contributed by atoms with van der Waals surface area (Å²) in [5, 5.41) is 11.6. The van der Waals surface area contributed by atoms with E-state index in [0.717, 1.165) is 22.9 Å². The molecule has 0 radical (unpaired) electrons. The molecule has 0 saturated heterocycles. The lowest BCUT2D eigenvalue weighted by Crippen LogP contribution is -1.94. The summed E-state index contributed by atoms with van der Waals surface area (Å²) in [6.45, 7) is 3.65. The third kappa shape index (κ3) is 3.07. The third-order valence-corrected chi connectivity index (χ3v) is 2.58. The molecule has 0 spiro atoms. The molecule has 0 aliphatic heterocycles. The fourth-order valence-corrected chi connectivity index (χ4v) is 1.58. The maximum atomic E-state index is 10.8. The van der Waals surface area contributed by atoms with E-state index < -0.39 is 0 Å². The average molecular weight is 282 g/mol. The van der Waals surface area contributed by atoms with Crippen LogP contribution in [-0.2, 0) is 0 Å². The predicted molar refractivity (Wildman–Crippen MR) is 67.9 cm³/mol. The number of aryl methyl sites for hydroxylation is 2. The second-order valence-corrected chi connectivity index (χ2v) is 4.24. The number of nitro groups is 1. The molecule has 4 heteroatoms. The number of nitrogens with zero attached hydrogens (tertiary/aromatic N) is 1. The summed E-state index contributed by atoms with van der Waals surface area (Å²) in [5.41, 5.74) is 2.52. The maximum absolute atomic E-state index is 10.8. The van der Waals surface area contributed by atoms with Crippen LogP contribution in [0.3, 0.4) is 0 Å². The van der Waals surface area contributed by atoms with Gasteiger partial charge < -0.3 is 0 Å². The summed E-state index contributed by atoms with van der Waals surface area (Å²) in [6, 6.07) is 3.35. The first-order chi connectivity index (χ1) is 7.56. The largest absolute Gasteiger partial charge is 0.273 e. The molecule has 84 valence electrons. The second kappa shape index (κ2) is 5.66. The Morgan fingerprint density at radius 3 is 2.62 bits per heavy atom. The van der Waals surface area contributed by atoms with Gasteiger partial charge in [-0.05, 0) is 25.5 Å². The summed E-state index contributed by atoms with van der Waals surface area (Å²) in [4.78, 5) is 10.4. The van der Waals surface area contributed by atoms with E-state index in [1.165, 1.54) is 0 Å². The molecule has 16 heavy (non-hydrogen) atoms. The molecule has 0 saturated carbocycles. The van der Waals surface area contributed by atoms with E-state index in [1.807, 2.05) is 6.92 Å². The summed E-state index contributed by atoms with van der Waals surface area (Å²) in [7, 11) is 0. The minimum absolute atomic E-state index is 0.133. The normalized spacial score (nSPS) is 9.44. The Balaban J connectivity index is 3.16. The van der Waals surface area contributed by atoms with Gasteiger partial charge in [0.15, 0.2) is 0 Å². The van der Waals surface area contributed by atoms with Gasteiger partial charge in [-0.25, -0.2) is 0 Å². The molecule has 0 aliphatic rings. The van der Waals surface area contributed by atoms with Crippen molar-refractivity contribution in [2.24, 2.45) is 0 Å². The van der Waals surface area contributed by atoms with Gasteiger partial charge in [0.25, 0.3) is 5.69 Å². The lowest BCUT2D eigenvalue weighted by atomic mass is 10.0. The van der Waals surface area contributed by atoms with Crippen LogP contribution in [0.25, 0.3) is 0 Å². The van der Waals surface area contributed by atoms with Crippen molar-refractivity contribution in [2.75, 3.05) is 5.33 Å². The molecule has 1 rings (SSSR count). The molecule has 0 unspecified atom stereocenters. The van der Waals surface area contributed by atoms with E-state index in [1.54, 1.807) is 19.1 Å². The zero-order valence-electron chi connectivity index (χ0n) is 9.21. The van der Waals surface area contributed by atoms with Crippen LogP contribution in [-0.4, -0.2) is 10.3 Å². The SMILES string of the molecule is Cc1cc(C)c([N+](=O)[O-])cc1C#CCCBr. The lowest BCUT2D eigenvalue weighted by Gasteiger charge is -2.01. The molecular formula is C12H12BrNO2. The number of halogens is 1. The van der Waals surface area contributed by atoms with Crippen molar-refractivity contribution in [3.63, 3.8) is 0 Å². The Hall–Kier alpha value is -1.34. The van der Waals surface area contributed by atoms with E-state index in [4.69, 9.17) is 0 Å². The Morgan fingerprint density at radius 2 is 2.06 bits per heavy atom. The van der Waals surface area contributed by atoms with Gasteiger partial charge in [-0.15, -0.1) is 0 Å². The summed E-state index contributed by atoms with van der Waals surface area (Å²) in [6.07, 6.45) is 0.737. The highest BCUT2D eigenvalue weighted by atomic mass is 79.9. The molecule has 0 aliphatic carbocycles. The van der Waals surface area contributed by atoms with E-state index in [0.29, 0.717) is 5.56 Å². The fraction of sp³-hybridized carbons (Fsp3) is 0.333. The number of rotatable bonds is 2. The van der Waals surface area contributed by atoms with Gasteiger partial charge in [-0.1, -0.05) is 27.8 Å². The third-order valence-electron chi connectivity index (χ3n) is 2.18. The van der Waals surface area contributed by atoms with E-state index >= 15 is 0 Å². The van der Waals surface area contributed by atoms with Crippen molar-refractivity contribution < 1.29 is 4.92 Å². The summed E-state index contributed by atoms with van der Waals surface area (Å²) >= 11 is 3.28. The van der Waals surface area contributed by atoms with Crippen molar-refractivity contribution >= 4 is 21.6 Å². The monoisotopic (exact) mass is 281 g/mol. The van der Waals surface area contributed by atoms with Crippen LogP contribution in [0.5, 0.6) is 0 Å². The van der Waals surface area contributed by atoms with Crippen LogP contribution < -0.4 is 0 Å². The van der Waals surface area contributed by atoms with Gasteiger partial charge >= 0.3 is 0 Å². The minimum atomic E-state index is -0.371. The van der Waals surface area contributed by atoms with Gasteiger partial charge in [-0.2, -0.15) is 0 Å². The number of alkyl halides is 1. The van der Waals surface area contributed by atoms with Crippen molar-refractivity contribution in [3.05, 3.63) is 38.9 Å². The van der Waals surface area contributed by atoms with Gasteiger partial charge in [0, 0.05) is 28.9 Å². The standard InChI is InChI=1S/C12H12BrNO2/c1-9-7-10(2)12(14(15)16)8-11(9)5-3-4-6-13/h7-8H,4,6H2,1-2H3. The Kier molecular flexibility index (Phi) is 4.51. The van der Waals surface area contributed by atoms with E-state index in [9.17, 15) is 10.1 Å². The van der Waals surface area contributed by atoms with Gasteiger partial charge in [-0.3, -0.25) is 10.1 Å². The Bertz CT molecular complexity index is 472. The molecule has 3 nitrogen and oxygen atoms in total. The molecule has 0 amide bonds. The molecule has 0 atom stereocenters. The molecule has 0 fully saturated rings. The highest BCUT2D eigenvalue weighted by Crippen LogP contribution is 2.21. The number of nitro benzene ring substituents is 1. The van der Waals surface area contributed by atoms with Crippen LogP contribution >= 0.6 is 15.9 Å². The number of hydrogen-bond acceptors (Lipinski definition) is 2. The van der Waals surface area contributed by atoms with E-state index in [2.05, 4.69) is 27.8 Å². The number of hydrogen-bond donors (Lipinski definition) is 0. The molecule has 1 aromatic rings. The smallest absolute Gasteiger partial charge is 0.258 e. The highest BCUT2D eigenvalue weighted by molar-refractivity contribution is 9.09. The van der Waals surface area contributed by atoms with Crippen molar-refractivity contribution in [3.8, 4) is 11.8 Å². The summed E-state index contributed by atoms with van der Waals surface area (Å²) in [5.74, 6) is 5.91. The van der Waals surface area contributed by atoms with Crippen LogP contribution in [0, 0.1) is 35.8 Å². The first kappa shape index (κ1) is 12.7. The van der Waals surface area contributed by atoms with Gasteiger partial charge in [0.05, 0.1) is 4.92 Å². The quantitative estimate of drug-likeness (QED) is 0.361. The average Bonchev–Trinajstić information content (AvgIpc) is 2.21. The Labute approximate surface area is 103 Å². The number of benzene rings is 1. The zero-order chi connectivity index (χ0) is 12.1. The maximum Gasteiger partial charge on any atom is 0.273 e. The van der Waals surface area contributed by atoms with Crippen LogP contribution in [0.2, 0.25) is 0 Å². The lowest BCUT2D eigenvalue weighted by molar-refractivity contribution is -0.385. The topological polar surface area (TPSA) is 43.1 Å². The molecule has 0 N–H and O–H groups in total. The molecule has 0 bridgehead atoms. The first-order valence-corrected chi connectivity index (χ1v) is 5.99. The van der Waals surface area contributed by atoms with Crippen LogP contribution in [0.4, 0.5) is 5.69 Å². The zero-order valence-corrected chi connectivity index (χ0v) is 10.8. The fourth-order valence-electron chi connectivity index (χ4n) is 1.38. The van der Waals surface area contributed by atoms with Crippen molar-refractivity contribution in [1.29, 1.82) is 0 Å². The van der Waals surface area contributed by atoms with Gasteiger partial charge in [0.1, 0.15) is 0 Å². The molecule has 0 heterocycles. The van der Waals surface area contributed by atoms with Crippen molar-refractivity contribution in [1.82, 2.24) is 0 Å². The van der Waals surface area contributed by atoms with Crippen LogP contribution in [0.15, 0.2) is 12.1 Å². The van der Waals surface area contributed by atoms with Crippen LogP contribution in [0.1, 0.15) is 23.1 Å². The predicted octanol–water partition coefficient (Wildman–Crippen LogP) is 3.35. The summed E-state index contributed by atoms with van der Waals surface area (Å²) < 4.78 is 0. The second-order valence-electron chi connectivity index (χ2n) is 3.45. The van der Waals surface area contributed by atoms with Gasteiger partial charge in [0.2, 0.25) is 0 Å².